The fourth-order valence-electron chi connectivity index (χ4n) is 1.11. The van der Waals surface area contributed by atoms with Crippen LogP contribution in [0.2, 0.25) is 0 Å². The zero-order valence-electron chi connectivity index (χ0n) is 7.76. The van der Waals surface area contributed by atoms with Crippen molar-refractivity contribution in [2.45, 2.75) is 0 Å². The number of carbonyl (C=O) groups excluding carboxylic acids is 3. The second-order valence-electron chi connectivity index (χ2n) is 2.59. The van der Waals surface area contributed by atoms with Crippen LogP contribution in [0.1, 0.15) is 31.1 Å². The molecule has 0 N–H and O–H groups in total. The van der Waals surface area contributed by atoms with Gasteiger partial charge in [0.1, 0.15) is 0 Å². The number of hydrogen-bond donors (Lipinski definition) is 0. The zero-order chi connectivity index (χ0) is 11.6. The smallest absolute Gasteiger partial charge is 0.545 e. The number of carboxylic acid groups (broad SMARTS) is 3. The van der Waals surface area contributed by atoms with Crippen molar-refractivity contribution in [3.63, 3.8) is 0 Å². The van der Waals surface area contributed by atoms with Gasteiger partial charge in [-0.05, 0) is 0 Å². The molecule has 0 heterocycles. The van der Waals surface area contributed by atoms with Gasteiger partial charge in [0.05, 0.1) is 17.9 Å². The van der Waals surface area contributed by atoms with E-state index in [-0.39, 0.29) is 32.7 Å². The van der Waals surface area contributed by atoms with Crippen LogP contribution in [0.15, 0.2) is 18.2 Å². The number of carboxylic acids is 3. The Morgan fingerprint density at radius 3 is 1.44 bits per heavy atom. The van der Waals surface area contributed by atoms with Crippen LogP contribution in [-0.2, 0) is 32.7 Å². The van der Waals surface area contributed by atoms with Crippen LogP contribution >= 0.6 is 0 Å². The predicted octanol–water partition coefficient (Wildman–Crippen LogP) is -3.23. The van der Waals surface area contributed by atoms with E-state index in [0.717, 1.165) is 18.2 Å². The summed E-state index contributed by atoms with van der Waals surface area (Å²) in [6, 6.07) is 2.89. The van der Waals surface area contributed by atoms with E-state index >= 15 is 0 Å². The van der Waals surface area contributed by atoms with Gasteiger partial charge >= 0.3 is 32.7 Å². The van der Waals surface area contributed by atoms with Gasteiger partial charge in [0.15, 0.2) is 0 Å². The first-order chi connectivity index (χ1) is 6.95. The van der Waals surface area contributed by atoms with E-state index in [4.69, 9.17) is 0 Å². The third-order valence-electron chi connectivity index (χ3n) is 1.71. The van der Waals surface area contributed by atoms with Crippen molar-refractivity contribution in [3.8, 4) is 0 Å². The molecule has 0 amide bonds. The molecule has 0 saturated heterocycles. The maximum absolute atomic E-state index is 10.6. The fraction of sp³-hybridized carbons (Fsp3) is 0. The van der Waals surface area contributed by atoms with Crippen LogP contribution in [-0.4, -0.2) is 17.9 Å². The van der Waals surface area contributed by atoms with Crippen LogP contribution in [0, 0.1) is 0 Å². The van der Waals surface area contributed by atoms with Crippen LogP contribution in [0.25, 0.3) is 0 Å². The Kier molecular flexibility index (Phi) is 5.27. The monoisotopic (exact) mass is 296 g/mol. The number of aromatic carboxylic acids is 3. The van der Waals surface area contributed by atoms with Crippen molar-refractivity contribution in [2.75, 3.05) is 0 Å². The number of rotatable bonds is 3. The molecule has 0 radical (unpaired) electrons. The minimum Gasteiger partial charge on any atom is -0.545 e. The summed E-state index contributed by atoms with van der Waals surface area (Å²) in [5, 5.41) is 31.5. The average Bonchev–Trinajstić information content (AvgIpc) is 2.16. The van der Waals surface area contributed by atoms with Gasteiger partial charge < -0.3 is 29.7 Å². The maximum atomic E-state index is 10.6. The third kappa shape index (κ3) is 2.87. The molecular formula is C9H3O6Y. The summed E-state index contributed by atoms with van der Waals surface area (Å²) >= 11 is 0. The van der Waals surface area contributed by atoms with Crippen molar-refractivity contribution >= 4 is 17.9 Å². The molecular weight excluding hydrogens is 293 g/mol. The van der Waals surface area contributed by atoms with Crippen molar-refractivity contribution in [1.82, 2.24) is 0 Å². The summed E-state index contributed by atoms with van der Waals surface area (Å²) in [6.45, 7) is 0. The van der Waals surface area contributed by atoms with Gasteiger partial charge in [0, 0.05) is 16.7 Å². The zero-order valence-corrected chi connectivity index (χ0v) is 10.6. The van der Waals surface area contributed by atoms with E-state index in [0.29, 0.717) is 0 Å². The molecule has 0 fully saturated rings. The summed E-state index contributed by atoms with van der Waals surface area (Å²) in [5.74, 6) is -5.50. The second-order valence-corrected chi connectivity index (χ2v) is 2.59. The Morgan fingerprint density at radius 1 is 0.812 bits per heavy atom. The van der Waals surface area contributed by atoms with E-state index in [1.54, 1.807) is 0 Å². The van der Waals surface area contributed by atoms with Gasteiger partial charge in [-0.2, -0.15) is 0 Å². The summed E-state index contributed by atoms with van der Waals surface area (Å²) in [4.78, 5) is 31.5. The van der Waals surface area contributed by atoms with Crippen molar-refractivity contribution < 1.29 is 62.4 Å². The number of hydrogen-bond acceptors (Lipinski definition) is 6. The number of carbonyl (C=O) groups is 3. The van der Waals surface area contributed by atoms with Crippen LogP contribution in [0.3, 0.4) is 0 Å². The first kappa shape index (κ1) is 14.7. The van der Waals surface area contributed by atoms with E-state index < -0.39 is 34.6 Å². The molecule has 7 heteroatoms. The summed E-state index contributed by atoms with van der Waals surface area (Å²) in [6.07, 6.45) is 0. The second kappa shape index (κ2) is 5.72. The quantitative estimate of drug-likeness (QED) is 0.578. The topological polar surface area (TPSA) is 120 Å². The summed E-state index contributed by atoms with van der Waals surface area (Å²) in [7, 11) is 0. The van der Waals surface area contributed by atoms with Gasteiger partial charge in [0.25, 0.3) is 0 Å². The van der Waals surface area contributed by atoms with Crippen LogP contribution < -0.4 is 15.3 Å². The Morgan fingerprint density at radius 2 is 1.19 bits per heavy atom. The van der Waals surface area contributed by atoms with Crippen LogP contribution in [0.5, 0.6) is 0 Å². The molecule has 0 bridgehead atoms. The van der Waals surface area contributed by atoms with E-state index in [9.17, 15) is 29.7 Å². The van der Waals surface area contributed by atoms with Gasteiger partial charge in [-0.15, -0.1) is 0 Å². The van der Waals surface area contributed by atoms with Crippen molar-refractivity contribution in [2.24, 2.45) is 0 Å². The predicted molar refractivity (Wildman–Crippen MR) is 39.4 cm³/mol. The molecule has 0 atom stereocenters. The molecule has 0 unspecified atom stereocenters. The third-order valence-corrected chi connectivity index (χ3v) is 1.71. The molecule has 78 valence electrons. The SMILES string of the molecule is O=C([O-])c1cccc(C(=O)[O-])c1C(=O)[O-].[Y+3]. The molecule has 6 nitrogen and oxygen atoms in total. The molecule has 16 heavy (non-hydrogen) atoms. The Bertz CT molecular complexity index is 421. The molecule has 1 aromatic carbocycles. The molecule has 1 aromatic rings. The molecule has 0 aliphatic carbocycles. The average molecular weight is 296 g/mol. The molecule has 0 aromatic heterocycles. The van der Waals surface area contributed by atoms with Gasteiger partial charge in [-0.1, -0.05) is 18.2 Å². The normalized spacial score (nSPS) is 9.00. The number of benzene rings is 1. The summed E-state index contributed by atoms with van der Waals surface area (Å²) in [5.41, 5.74) is -2.45. The maximum Gasteiger partial charge on any atom is 3.00 e. The van der Waals surface area contributed by atoms with Crippen molar-refractivity contribution in [1.29, 1.82) is 0 Å². The van der Waals surface area contributed by atoms with E-state index in [2.05, 4.69) is 0 Å². The van der Waals surface area contributed by atoms with Gasteiger partial charge in [-0.3, -0.25) is 0 Å². The minimum atomic E-state index is -1.91. The Labute approximate surface area is 115 Å². The molecule has 0 aliphatic heterocycles. The Hall–Kier alpha value is -1.27. The fourth-order valence-corrected chi connectivity index (χ4v) is 1.11. The molecule has 0 spiro atoms. The molecule has 0 saturated carbocycles. The van der Waals surface area contributed by atoms with Gasteiger partial charge in [-0.25, -0.2) is 0 Å². The standard InChI is InChI=1S/C9H6O6.Y/c10-7(11)4-2-1-3-5(8(12)13)6(4)9(14)15;/h1-3H,(H,10,11)(H,12,13)(H,14,15);/q;+3/p-3. The minimum absolute atomic E-state index is 0. The Balaban J connectivity index is 0.00000225. The first-order valence-corrected chi connectivity index (χ1v) is 3.72. The molecule has 0 aliphatic rings. The van der Waals surface area contributed by atoms with Crippen molar-refractivity contribution in [3.05, 3.63) is 34.9 Å². The summed E-state index contributed by atoms with van der Waals surface area (Å²) < 4.78 is 0. The van der Waals surface area contributed by atoms with E-state index in [1.807, 2.05) is 0 Å². The van der Waals surface area contributed by atoms with Gasteiger partial charge in [0.2, 0.25) is 0 Å². The molecule has 1 rings (SSSR count). The van der Waals surface area contributed by atoms with Crippen LogP contribution in [0.4, 0.5) is 0 Å². The first-order valence-electron chi connectivity index (χ1n) is 3.72. The van der Waals surface area contributed by atoms with E-state index in [1.165, 1.54) is 0 Å². The largest absolute Gasteiger partial charge is 3.00 e.